The molecule has 0 aromatic carbocycles. The van der Waals surface area contributed by atoms with Gasteiger partial charge in [0, 0.05) is 25.6 Å². The van der Waals surface area contributed by atoms with Gasteiger partial charge in [0.05, 0.1) is 13.2 Å². The Kier molecular flexibility index (Phi) is 7.18. The highest BCUT2D eigenvalue weighted by Crippen LogP contribution is 2.14. The van der Waals surface area contributed by atoms with Gasteiger partial charge in [0.25, 0.3) is 0 Å². The summed E-state index contributed by atoms with van der Waals surface area (Å²) >= 11 is 0. The molecule has 108 valence electrons. The average Bonchev–Trinajstić information content (AvgIpc) is 2.38. The van der Waals surface area contributed by atoms with Gasteiger partial charge in [-0.15, -0.1) is 0 Å². The first-order valence-corrected chi connectivity index (χ1v) is 6.93. The van der Waals surface area contributed by atoms with Crippen molar-refractivity contribution in [3.05, 3.63) is 11.9 Å². The van der Waals surface area contributed by atoms with Crippen LogP contribution in [-0.2, 0) is 11.2 Å². The number of methoxy groups -OCH3 is 1. The Morgan fingerprint density at radius 1 is 1.32 bits per heavy atom. The second-order valence-electron chi connectivity index (χ2n) is 4.66. The highest BCUT2D eigenvalue weighted by molar-refractivity contribution is 5.38. The SMILES string of the molecule is CCCc1nc(NCCCOC(C)C)cc(OC)n1. The Bertz CT molecular complexity index is 370. The molecule has 0 atom stereocenters. The molecule has 19 heavy (non-hydrogen) atoms. The van der Waals surface area contributed by atoms with E-state index in [1.165, 1.54) is 0 Å². The van der Waals surface area contributed by atoms with E-state index in [9.17, 15) is 0 Å². The second-order valence-corrected chi connectivity index (χ2v) is 4.66. The number of rotatable bonds is 9. The number of hydrogen-bond donors (Lipinski definition) is 1. The zero-order valence-corrected chi connectivity index (χ0v) is 12.4. The van der Waals surface area contributed by atoms with Gasteiger partial charge in [0.1, 0.15) is 11.6 Å². The fraction of sp³-hybridized carbons (Fsp3) is 0.714. The van der Waals surface area contributed by atoms with Crippen molar-refractivity contribution >= 4 is 5.82 Å². The highest BCUT2D eigenvalue weighted by atomic mass is 16.5. The van der Waals surface area contributed by atoms with Crippen LogP contribution in [0.15, 0.2) is 6.07 Å². The third-order valence-corrected chi connectivity index (χ3v) is 2.51. The van der Waals surface area contributed by atoms with Gasteiger partial charge >= 0.3 is 0 Å². The minimum Gasteiger partial charge on any atom is -0.481 e. The van der Waals surface area contributed by atoms with Gasteiger partial charge in [0.15, 0.2) is 0 Å². The zero-order valence-electron chi connectivity index (χ0n) is 12.4. The summed E-state index contributed by atoms with van der Waals surface area (Å²) < 4.78 is 10.7. The predicted octanol–water partition coefficient (Wildman–Crippen LogP) is 2.66. The van der Waals surface area contributed by atoms with Crippen molar-refractivity contribution in [2.45, 2.75) is 46.1 Å². The molecule has 0 saturated heterocycles. The van der Waals surface area contributed by atoms with Gasteiger partial charge in [-0.25, -0.2) is 4.98 Å². The Labute approximate surface area is 115 Å². The highest BCUT2D eigenvalue weighted by Gasteiger charge is 2.04. The fourth-order valence-corrected chi connectivity index (χ4v) is 1.61. The van der Waals surface area contributed by atoms with Crippen LogP contribution in [0.5, 0.6) is 5.88 Å². The van der Waals surface area contributed by atoms with Crippen molar-refractivity contribution in [1.29, 1.82) is 0 Å². The number of aromatic nitrogens is 2. The Hall–Kier alpha value is -1.36. The van der Waals surface area contributed by atoms with E-state index in [1.807, 2.05) is 19.9 Å². The maximum absolute atomic E-state index is 5.49. The predicted molar refractivity (Wildman–Crippen MR) is 76.8 cm³/mol. The minimum atomic E-state index is 0.287. The molecule has 1 N–H and O–H groups in total. The summed E-state index contributed by atoms with van der Waals surface area (Å²) in [7, 11) is 1.62. The number of nitrogens with one attached hydrogen (secondary N) is 1. The lowest BCUT2D eigenvalue weighted by Gasteiger charge is -2.10. The van der Waals surface area contributed by atoms with Crippen LogP contribution in [0.1, 0.15) is 39.4 Å². The molecule has 0 amide bonds. The largest absolute Gasteiger partial charge is 0.481 e. The number of anilines is 1. The summed E-state index contributed by atoms with van der Waals surface area (Å²) in [5.74, 6) is 2.25. The normalized spacial score (nSPS) is 10.8. The van der Waals surface area contributed by atoms with Crippen molar-refractivity contribution in [3.63, 3.8) is 0 Å². The summed E-state index contributed by atoms with van der Waals surface area (Å²) in [6.45, 7) is 7.78. The Morgan fingerprint density at radius 3 is 2.74 bits per heavy atom. The quantitative estimate of drug-likeness (QED) is 0.697. The van der Waals surface area contributed by atoms with Crippen LogP contribution in [0.25, 0.3) is 0 Å². The first kappa shape index (κ1) is 15.7. The van der Waals surface area contributed by atoms with E-state index in [0.29, 0.717) is 5.88 Å². The average molecular weight is 267 g/mol. The first-order valence-electron chi connectivity index (χ1n) is 6.93. The van der Waals surface area contributed by atoms with Crippen LogP contribution in [0, 0.1) is 0 Å². The van der Waals surface area contributed by atoms with Crippen molar-refractivity contribution in [3.8, 4) is 5.88 Å². The zero-order chi connectivity index (χ0) is 14.1. The molecule has 0 bridgehead atoms. The monoisotopic (exact) mass is 267 g/mol. The van der Waals surface area contributed by atoms with Crippen LogP contribution in [0.2, 0.25) is 0 Å². The topological polar surface area (TPSA) is 56.3 Å². The third kappa shape index (κ3) is 6.38. The van der Waals surface area contributed by atoms with E-state index in [-0.39, 0.29) is 6.10 Å². The maximum atomic E-state index is 5.49. The number of hydrogen-bond acceptors (Lipinski definition) is 5. The van der Waals surface area contributed by atoms with Crippen molar-refractivity contribution in [2.24, 2.45) is 0 Å². The van der Waals surface area contributed by atoms with E-state index in [1.54, 1.807) is 7.11 Å². The lowest BCUT2D eigenvalue weighted by molar-refractivity contribution is 0.0787. The second kappa shape index (κ2) is 8.69. The van der Waals surface area contributed by atoms with Gasteiger partial charge < -0.3 is 14.8 Å². The van der Waals surface area contributed by atoms with Gasteiger partial charge in [0.2, 0.25) is 5.88 Å². The number of ether oxygens (including phenoxy) is 2. The molecule has 1 rings (SSSR count). The molecule has 0 radical (unpaired) electrons. The molecule has 5 heteroatoms. The summed E-state index contributed by atoms with van der Waals surface area (Å²) in [5.41, 5.74) is 0. The molecule has 0 unspecified atom stereocenters. The Balaban J connectivity index is 2.45. The molecule has 0 spiro atoms. The van der Waals surface area contributed by atoms with E-state index >= 15 is 0 Å². The number of aryl methyl sites for hydroxylation is 1. The molecule has 1 aromatic heterocycles. The molecule has 0 saturated carbocycles. The van der Waals surface area contributed by atoms with Crippen LogP contribution in [0.4, 0.5) is 5.82 Å². The summed E-state index contributed by atoms with van der Waals surface area (Å²) in [6, 6.07) is 1.82. The summed E-state index contributed by atoms with van der Waals surface area (Å²) in [4.78, 5) is 8.77. The van der Waals surface area contributed by atoms with Gasteiger partial charge in [-0.2, -0.15) is 4.98 Å². The van der Waals surface area contributed by atoms with Crippen molar-refractivity contribution in [1.82, 2.24) is 9.97 Å². The van der Waals surface area contributed by atoms with Crippen LogP contribution < -0.4 is 10.1 Å². The molecular weight excluding hydrogens is 242 g/mol. The van der Waals surface area contributed by atoms with Crippen molar-refractivity contribution < 1.29 is 9.47 Å². The lowest BCUT2D eigenvalue weighted by Crippen LogP contribution is -2.11. The van der Waals surface area contributed by atoms with E-state index in [2.05, 4.69) is 22.2 Å². The first-order chi connectivity index (χ1) is 9.15. The van der Waals surface area contributed by atoms with Crippen LogP contribution >= 0.6 is 0 Å². The van der Waals surface area contributed by atoms with Gasteiger partial charge in [-0.3, -0.25) is 0 Å². The van der Waals surface area contributed by atoms with Crippen LogP contribution in [0.3, 0.4) is 0 Å². The standard InChI is InChI=1S/C14H25N3O2/c1-5-7-12-16-13(10-14(17-12)18-4)15-8-6-9-19-11(2)3/h10-11H,5-9H2,1-4H3,(H,15,16,17). The van der Waals surface area contributed by atoms with E-state index in [0.717, 1.165) is 44.1 Å². The molecule has 1 heterocycles. The fourth-order valence-electron chi connectivity index (χ4n) is 1.61. The van der Waals surface area contributed by atoms with E-state index in [4.69, 9.17) is 9.47 Å². The smallest absolute Gasteiger partial charge is 0.218 e. The third-order valence-electron chi connectivity index (χ3n) is 2.51. The van der Waals surface area contributed by atoms with Gasteiger partial charge in [-0.1, -0.05) is 6.92 Å². The Morgan fingerprint density at radius 2 is 2.11 bits per heavy atom. The number of nitrogens with zero attached hydrogens (tertiary/aromatic N) is 2. The lowest BCUT2D eigenvalue weighted by atomic mass is 10.3. The molecule has 0 aliphatic rings. The van der Waals surface area contributed by atoms with E-state index < -0.39 is 0 Å². The molecule has 0 aliphatic carbocycles. The molecule has 5 nitrogen and oxygen atoms in total. The molecule has 1 aromatic rings. The molecule has 0 aliphatic heterocycles. The minimum absolute atomic E-state index is 0.287. The molecular formula is C14H25N3O2. The van der Waals surface area contributed by atoms with Crippen molar-refractivity contribution in [2.75, 3.05) is 25.6 Å². The van der Waals surface area contributed by atoms with Gasteiger partial charge in [-0.05, 0) is 26.7 Å². The molecule has 0 fully saturated rings. The maximum Gasteiger partial charge on any atom is 0.218 e. The summed E-state index contributed by atoms with van der Waals surface area (Å²) in [5, 5.41) is 3.28. The summed E-state index contributed by atoms with van der Waals surface area (Å²) in [6.07, 6.45) is 3.13. The van der Waals surface area contributed by atoms with Crippen LogP contribution in [-0.4, -0.2) is 36.3 Å².